The Labute approximate surface area is 301 Å². The molecule has 12 heteroatoms. The fourth-order valence-corrected chi connectivity index (χ4v) is 6.50. The van der Waals surface area contributed by atoms with Gasteiger partial charge in [0.2, 0.25) is 0 Å². The average Bonchev–Trinajstić information content (AvgIpc) is 3.63. The SMILES string of the molecule is C=Cc1c(C)c2cc3nc(c(CC(=O)[O-])c4nc(cc5[nH]c(cc1[nH]2)c(C)c5CC)C(C)=C4C(=O)[O-])[C@@H](CCC(=O)[O-])[C@@H]3C.[Na+].[Zn+2]. The van der Waals surface area contributed by atoms with E-state index >= 15 is 0 Å². The molecule has 2 aliphatic rings. The van der Waals surface area contributed by atoms with Gasteiger partial charge in [-0.3, -0.25) is 4.98 Å². The van der Waals surface area contributed by atoms with Crippen LogP contribution in [0.2, 0.25) is 0 Å². The zero-order valence-corrected chi connectivity index (χ0v) is 32.0. The Morgan fingerprint density at radius 1 is 0.913 bits per heavy atom. The van der Waals surface area contributed by atoms with Crippen LogP contribution in [0, 0.1) is 13.8 Å². The summed E-state index contributed by atoms with van der Waals surface area (Å²) in [5.41, 5.74) is 8.29. The minimum atomic E-state index is -1.51. The van der Waals surface area contributed by atoms with Gasteiger partial charge < -0.3 is 39.7 Å². The predicted molar refractivity (Wildman–Crippen MR) is 162 cm³/mol. The number of allylic oxidation sites excluding steroid dienone is 1. The van der Waals surface area contributed by atoms with Crippen LogP contribution >= 0.6 is 0 Å². The van der Waals surface area contributed by atoms with E-state index in [1.54, 1.807) is 19.1 Å². The number of nitrogens with one attached hydrogen (secondary N) is 2. The Balaban J connectivity index is 0.00000288. The summed E-state index contributed by atoms with van der Waals surface area (Å²) in [5, 5.41) is 36.2. The van der Waals surface area contributed by atoms with Gasteiger partial charge in [0.15, 0.2) is 0 Å². The van der Waals surface area contributed by atoms with Crippen molar-refractivity contribution >= 4 is 57.2 Å². The minimum absolute atomic E-state index is 0. The van der Waals surface area contributed by atoms with Gasteiger partial charge in [-0.05, 0) is 80.5 Å². The third kappa shape index (κ3) is 6.70. The summed E-state index contributed by atoms with van der Waals surface area (Å²) >= 11 is 0. The fraction of sp³-hybridized carbons (Fsp3) is 0.324. The maximum absolute atomic E-state index is 12.5. The van der Waals surface area contributed by atoms with Crippen LogP contribution in [0.25, 0.3) is 39.3 Å². The molecule has 3 aromatic rings. The van der Waals surface area contributed by atoms with Crippen LogP contribution in [-0.2, 0) is 46.7 Å². The number of aromatic amines is 2. The Hall–Kier alpha value is -3.37. The molecule has 0 aromatic carbocycles. The van der Waals surface area contributed by atoms with Crippen molar-refractivity contribution in [3.8, 4) is 0 Å². The molecule has 0 saturated heterocycles. The third-order valence-electron chi connectivity index (χ3n) is 8.92. The van der Waals surface area contributed by atoms with Crippen molar-refractivity contribution < 1.29 is 78.7 Å². The summed E-state index contributed by atoms with van der Waals surface area (Å²) in [6.07, 6.45) is 1.59. The monoisotopic (exact) mass is 680 g/mol. The number of aryl methyl sites for hydroxylation is 3. The van der Waals surface area contributed by atoms with Crippen molar-refractivity contribution in [3.05, 3.63) is 75.4 Å². The van der Waals surface area contributed by atoms with Gasteiger partial charge >= 0.3 is 49.0 Å². The first-order chi connectivity index (χ1) is 20.9. The molecule has 2 N–H and O–H groups in total. The number of hydrogen-bond acceptors (Lipinski definition) is 8. The van der Waals surface area contributed by atoms with Gasteiger partial charge in [0.1, 0.15) is 0 Å². The van der Waals surface area contributed by atoms with E-state index in [4.69, 9.17) is 4.98 Å². The Kier molecular flexibility index (Phi) is 11.8. The van der Waals surface area contributed by atoms with Crippen LogP contribution in [0.4, 0.5) is 0 Å². The molecule has 3 aromatic heterocycles. The number of fused-ring (bicyclic) bond motifs is 8. The van der Waals surface area contributed by atoms with Gasteiger partial charge in [0, 0.05) is 74.7 Å². The Morgan fingerprint density at radius 2 is 1.57 bits per heavy atom. The quantitative estimate of drug-likeness (QED) is 0.300. The van der Waals surface area contributed by atoms with Gasteiger partial charge in [-0.1, -0.05) is 26.5 Å². The summed E-state index contributed by atoms with van der Waals surface area (Å²) in [6.45, 7) is 13.5. The minimum Gasteiger partial charge on any atom is -0.550 e. The molecule has 0 unspecified atom stereocenters. The molecule has 0 aliphatic carbocycles. The van der Waals surface area contributed by atoms with Crippen molar-refractivity contribution in [2.45, 2.75) is 72.1 Å². The van der Waals surface area contributed by atoms with E-state index in [9.17, 15) is 29.7 Å². The topological polar surface area (TPSA) is 178 Å². The largest absolute Gasteiger partial charge is 2.00 e. The predicted octanol–water partition coefficient (Wildman–Crippen LogP) is -0.471. The number of hydrogen-bond donors (Lipinski definition) is 2. The van der Waals surface area contributed by atoms with Gasteiger partial charge in [-0.25, -0.2) is 4.98 Å². The van der Waals surface area contributed by atoms with E-state index < -0.39 is 30.2 Å². The zero-order chi connectivity index (χ0) is 32.0. The Bertz CT molecular complexity index is 1960. The third-order valence-corrected chi connectivity index (χ3v) is 8.92. The first-order valence-electron chi connectivity index (χ1n) is 14.6. The van der Waals surface area contributed by atoms with E-state index in [1.807, 2.05) is 39.8 Å². The number of carboxylic acid groups (broad SMARTS) is 3. The summed E-state index contributed by atoms with van der Waals surface area (Å²) in [4.78, 5) is 52.6. The summed E-state index contributed by atoms with van der Waals surface area (Å²) < 4.78 is 0. The molecule has 0 saturated carbocycles. The van der Waals surface area contributed by atoms with Crippen molar-refractivity contribution in [1.82, 2.24) is 19.9 Å². The molecule has 8 bridgehead atoms. The second-order valence-corrected chi connectivity index (χ2v) is 11.4. The number of aromatic nitrogens is 4. The summed E-state index contributed by atoms with van der Waals surface area (Å²) in [7, 11) is 0. The van der Waals surface area contributed by atoms with Crippen molar-refractivity contribution in [1.29, 1.82) is 0 Å². The van der Waals surface area contributed by atoms with Gasteiger partial charge in [-0.2, -0.15) is 0 Å². The molecule has 228 valence electrons. The van der Waals surface area contributed by atoms with Crippen LogP contribution in [0.1, 0.15) is 96.0 Å². The number of carboxylic acids is 3. The van der Waals surface area contributed by atoms with Crippen molar-refractivity contribution in [2.75, 3.05) is 0 Å². The van der Waals surface area contributed by atoms with E-state index in [0.717, 1.165) is 44.3 Å². The Morgan fingerprint density at radius 3 is 2.15 bits per heavy atom. The second-order valence-electron chi connectivity index (χ2n) is 11.4. The maximum Gasteiger partial charge on any atom is 2.00 e. The molecule has 46 heavy (non-hydrogen) atoms. The van der Waals surface area contributed by atoms with Crippen LogP contribution in [0.5, 0.6) is 0 Å². The maximum atomic E-state index is 12.5. The average molecular weight is 682 g/mol. The van der Waals surface area contributed by atoms with Crippen LogP contribution in [0.15, 0.2) is 24.8 Å². The van der Waals surface area contributed by atoms with Crippen LogP contribution in [0.3, 0.4) is 0 Å². The normalized spacial score (nSPS) is 15.6. The van der Waals surface area contributed by atoms with Gasteiger partial charge in [0.25, 0.3) is 0 Å². The molecule has 2 aliphatic heterocycles. The van der Waals surface area contributed by atoms with Gasteiger partial charge in [-0.15, -0.1) is 0 Å². The first kappa shape index (κ1) is 37.1. The number of aliphatic carboxylic acids is 3. The van der Waals surface area contributed by atoms with Crippen LogP contribution in [-0.4, -0.2) is 37.8 Å². The van der Waals surface area contributed by atoms with E-state index in [2.05, 4.69) is 21.5 Å². The van der Waals surface area contributed by atoms with E-state index in [1.165, 1.54) is 0 Å². The molecular formula is C34H33N4NaO6Zn. The summed E-state index contributed by atoms with van der Waals surface area (Å²) in [6, 6.07) is 5.63. The molecule has 10 nitrogen and oxygen atoms in total. The molecular weight excluding hydrogens is 649 g/mol. The number of rotatable bonds is 8. The molecule has 2 atom stereocenters. The fourth-order valence-electron chi connectivity index (χ4n) is 6.50. The summed E-state index contributed by atoms with van der Waals surface area (Å²) in [5.74, 6) is -5.11. The second kappa shape index (κ2) is 14.6. The smallest absolute Gasteiger partial charge is 0.550 e. The molecule has 0 amide bonds. The zero-order valence-electron chi connectivity index (χ0n) is 27.1. The van der Waals surface area contributed by atoms with E-state index in [-0.39, 0.29) is 90.3 Å². The van der Waals surface area contributed by atoms with Crippen molar-refractivity contribution in [2.24, 2.45) is 0 Å². The molecule has 0 fully saturated rings. The molecule has 5 heterocycles. The number of carbonyl (C=O) groups is 3. The number of nitrogens with zero attached hydrogens (tertiary/aromatic N) is 2. The molecule has 0 radical (unpaired) electrons. The number of H-pyrrole nitrogens is 2. The van der Waals surface area contributed by atoms with Crippen LogP contribution < -0.4 is 44.9 Å². The number of carbonyl (C=O) groups excluding carboxylic acids is 3. The first-order valence-corrected chi connectivity index (χ1v) is 14.6. The molecule has 0 spiro atoms. The standard InChI is InChI=1S/C34H36N4O6.Na.Zn/c1-7-19-15(3)23-12-25-17(5)21(9-10-29(39)40)32(37-25)22(11-30(41)42)33-31(34(43)44)18(6)26(38-33)14-28-20(8-2)16(4)24(36-28)13-27(19)35-23;;/h7,12-14,17,21,35-36H,1,8-11H2,2-6H3,(H,39,40)(H,41,42)(H,43,44);;/q;+1;+2/p-3/t17-,21-;;/m0../s1. The van der Waals surface area contributed by atoms with Gasteiger partial charge in [0.05, 0.1) is 23.1 Å². The van der Waals surface area contributed by atoms with E-state index in [0.29, 0.717) is 23.4 Å². The van der Waals surface area contributed by atoms with Crippen molar-refractivity contribution in [3.63, 3.8) is 0 Å². The molecule has 5 rings (SSSR count).